The van der Waals surface area contributed by atoms with Gasteiger partial charge in [0.1, 0.15) is 11.5 Å². The van der Waals surface area contributed by atoms with Crippen molar-refractivity contribution in [3.8, 4) is 11.5 Å². The van der Waals surface area contributed by atoms with Crippen LogP contribution >= 0.6 is 11.6 Å². The Balaban J connectivity index is 2.05. The van der Waals surface area contributed by atoms with Crippen molar-refractivity contribution < 1.29 is 4.74 Å². The lowest BCUT2D eigenvalue weighted by atomic mass is 10.0. The van der Waals surface area contributed by atoms with Crippen LogP contribution in [0, 0.1) is 0 Å². The number of anilines is 1. The molecule has 0 atom stereocenters. The number of ether oxygens (including phenoxy) is 1. The van der Waals surface area contributed by atoms with E-state index in [4.69, 9.17) is 16.3 Å². The Morgan fingerprint density at radius 2 is 1.75 bits per heavy atom. The lowest BCUT2D eigenvalue weighted by molar-refractivity contribution is 0.482. The molecule has 2 aromatic carbocycles. The molecule has 0 saturated heterocycles. The van der Waals surface area contributed by atoms with Crippen LogP contribution in [0.2, 0.25) is 5.02 Å². The molecule has 0 unspecified atom stereocenters. The van der Waals surface area contributed by atoms with Gasteiger partial charge in [-0.3, -0.25) is 0 Å². The van der Waals surface area contributed by atoms with E-state index in [1.54, 1.807) is 6.07 Å². The van der Waals surface area contributed by atoms with Crippen molar-refractivity contribution in [3.63, 3.8) is 0 Å². The molecule has 0 aliphatic carbocycles. The maximum Gasteiger partial charge on any atom is 0.128 e. The van der Waals surface area contributed by atoms with Crippen LogP contribution in [0.4, 0.5) is 5.69 Å². The van der Waals surface area contributed by atoms with E-state index in [0.717, 1.165) is 23.6 Å². The molecule has 0 amide bonds. The summed E-state index contributed by atoms with van der Waals surface area (Å²) in [6.45, 7) is 6.54. The summed E-state index contributed by atoms with van der Waals surface area (Å²) in [5.74, 6) is 1.54. The number of rotatable bonds is 5. The molecule has 0 radical (unpaired) electrons. The van der Waals surface area contributed by atoms with E-state index in [1.165, 1.54) is 0 Å². The molecular formula is C17H20ClNO. The van der Waals surface area contributed by atoms with Crippen molar-refractivity contribution in [2.75, 3.05) is 5.32 Å². The van der Waals surface area contributed by atoms with Gasteiger partial charge in [-0.05, 0) is 62.7 Å². The Morgan fingerprint density at radius 1 is 1.05 bits per heavy atom. The van der Waals surface area contributed by atoms with Gasteiger partial charge in [0.2, 0.25) is 0 Å². The third-order valence-electron chi connectivity index (χ3n) is 3.25. The molecule has 0 bridgehead atoms. The van der Waals surface area contributed by atoms with Crippen LogP contribution in [0.3, 0.4) is 0 Å². The minimum Gasteiger partial charge on any atom is -0.457 e. The van der Waals surface area contributed by atoms with Gasteiger partial charge in [-0.2, -0.15) is 0 Å². The van der Waals surface area contributed by atoms with Crippen molar-refractivity contribution >= 4 is 17.3 Å². The normalized spacial score (nSPS) is 11.2. The molecule has 0 saturated carbocycles. The van der Waals surface area contributed by atoms with Crippen molar-refractivity contribution in [1.29, 1.82) is 0 Å². The summed E-state index contributed by atoms with van der Waals surface area (Å²) < 4.78 is 5.76. The molecule has 2 aromatic rings. The second kappa shape index (κ2) is 6.19. The summed E-state index contributed by atoms with van der Waals surface area (Å²) in [5, 5.41) is 4.16. The van der Waals surface area contributed by atoms with Gasteiger partial charge in [0.05, 0.1) is 0 Å². The Bertz CT molecular complexity index is 563. The van der Waals surface area contributed by atoms with Crippen LogP contribution in [0.15, 0.2) is 48.5 Å². The van der Waals surface area contributed by atoms with E-state index in [9.17, 15) is 0 Å². The van der Waals surface area contributed by atoms with E-state index in [1.807, 2.05) is 42.5 Å². The molecule has 1 N–H and O–H groups in total. The molecule has 0 aliphatic rings. The number of nitrogens with one attached hydrogen (secondary N) is 1. The molecule has 0 fully saturated rings. The fourth-order valence-electron chi connectivity index (χ4n) is 1.75. The first-order valence-electron chi connectivity index (χ1n) is 6.80. The zero-order valence-electron chi connectivity index (χ0n) is 12.1. The van der Waals surface area contributed by atoms with Gasteiger partial charge >= 0.3 is 0 Å². The SMILES string of the molecule is CCC(C)(C)Nc1ccc(Oc2cccc(Cl)c2)cc1. The Kier molecular flexibility index (Phi) is 4.56. The number of benzene rings is 2. The highest BCUT2D eigenvalue weighted by Gasteiger charge is 2.13. The van der Waals surface area contributed by atoms with Crippen LogP contribution in [0.25, 0.3) is 0 Å². The third kappa shape index (κ3) is 4.17. The molecule has 0 aromatic heterocycles. The maximum absolute atomic E-state index is 5.93. The number of hydrogen-bond acceptors (Lipinski definition) is 2. The molecule has 0 heterocycles. The summed E-state index contributed by atoms with van der Waals surface area (Å²) in [4.78, 5) is 0. The van der Waals surface area contributed by atoms with Crippen LogP contribution in [-0.2, 0) is 0 Å². The highest BCUT2D eigenvalue weighted by molar-refractivity contribution is 6.30. The van der Waals surface area contributed by atoms with Gasteiger partial charge in [-0.15, -0.1) is 0 Å². The van der Waals surface area contributed by atoms with Crippen LogP contribution < -0.4 is 10.1 Å². The number of hydrogen-bond donors (Lipinski definition) is 1. The Morgan fingerprint density at radius 3 is 2.35 bits per heavy atom. The molecule has 2 rings (SSSR count). The van der Waals surface area contributed by atoms with E-state index in [0.29, 0.717) is 5.02 Å². The first kappa shape index (κ1) is 14.7. The summed E-state index contributed by atoms with van der Waals surface area (Å²) in [6, 6.07) is 15.3. The monoisotopic (exact) mass is 289 g/mol. The van der Waals surface area contributed by atoms with Gasteiger partial charge in [0, 0.05) is 16.2 Å². The molecule has 3 heteroatoms. The Hall–Kier alpha value is -1.67. The van der Waals surface area contributed by atoms with Gasteiger partial charge in [0.25, 0.3) is 0 Å². The fraction of sp³-hybridized carbons (Fsp3) is 0.294. The van der Waals surface area contributed by atoms with Crippen molar-refractivity contribution in [1.82, 2.24) is 0 Å². The summed E-state index contributed by atoms with van der Waals surface area (Å²) in [7, 11) is 0. The maximum atomic E-state index is 5.93. The van der Waals surface area contributed by atoms with Gasteiger partial charge in [0.15, 0.2) is 0 Å². The average Bonchev–Trinajstić information content (AvgIpc) is 2.41. The standard InChI is InChI=1S/C17H20ClNO/c1-4-17(2,3)19-14-8-10-15(11-9-14)20-16-7-5-6-13(18)12-16/h5-12,19H,4H2,1-3H3. The molecule has 106 valence electrons. The lowest BCUT2D eigenvalue weighted by Crippen LogP contribution is -2.29. The molecule has 0 aliphatic heterocycles. The smallest absolute Gasteiger partial charge is 0.128 e. The minimum absolute atomic E-state index is 0.0926. The predicted octanol–water partition coefficient (Wildman–Crippen LogP) is 5.73. The first-order valence-corrected chi connectivity index (χ1v) is 7.18. The minimum atomic E-state index is 0.0926. The van der Waals surface area contributed by atoms with E-state index >= 15 is 0 Å². The zero-order chi connectivity index (χ0) is 14.6. The molecular weight excluding hydrogens is 270 g/mol. The molecule has 20 heavy (non-hydrogen) atoms. The summed E-state index contributed by atoms with van der Waals surface area (Å²) in [5.41, 5.74) is 1.19. The topological polar surface area (TPSA) is 21.3 Å². The van der Waals surface area contributed by atoms with Crippen molar-refractivity contribution in [2.45, 2.75) is 32.7 Å². The van der Waals surface area contributed by atoms with Crippen LogP contribution in [0.5, 0.6) is 11.5 Å². The molecule has 0 spiro atoms. The lowest BCUT2D eigenvalue weighted by Gasteiger charge is -2.26. The molecule has 2 nitrogen and oxygen atoms in total. The van der Waals surface area contributed by atoms with E-state index in [2.05, 4.69) is 26.1 Å². The highest BCUT2D eigenvalue weighted by atomic mass is 35.5. The first-order chi connectivity index (χ1) is 9.48. The van der Waals surface area contributed by atoms with Crippen LogP contribution in [-0.4, -0.2) is 5.54 Å². The quantitative estimate of drug-likeness (QED) is 0.758. The van der Waals surface area contributed by atoms with Crippen LogP contribution in [0.1, 0.15) is 27.2 Å². The highest BCUT2D eigenvalue weighted by Crippen LogP contribution is 2.26. The van der Waals surface area contributed by atoms with Gasteiger partial charge < -0.3 is 10.1 Å². The van der Waals surface area contributed by atoms with E-state index < -0.39 is 0 Å². The van der Waals surface area contributed by atoms with Crippen molar-refractivity contribution in [3.05, 3.63) is 53.6 Å². The summed E-state index contributed by atoms with van der Waals surface area (Å²) >= 11 is 5.93. The second-order valence-corrected chi connectivity index (χ2v) is 5.88. The average molecular weight is 290 g/mol. The Labute approximate surface area is 125 Å². The van der Waals surface area contributed by atoms with Crippen molar-refractivity contribution in [2.24, 2.45) is 0 Å². The number of halogens is 1. The second-order valence-electron chi connectivity index (χ2n) is 5.45. The van der Waals surface area contributed by atoms with Gasteiger partial charge in [-0.1, -0.05) is 24.6 Å². The zero-order valence-corrected chi connectivity index (χ0v) is 12.9. The third-order valence-corrected chi connectivity index (χ3v) is 3.49. The van der Waals surface area contributed by atoms with E-state index in [-0.39, 0.29) is 5.54 Å². The predicted molar refractivity (Wildman–Crippen MR) is 86.0 cm³/mol. The fourth-order valence-corrected chi connectivity index (χ4v) is 1.93. The largest absolute Gasteiger partial charge is 0.457 e. The van der Waals surface area contributed by atoms with Gasteiger partial charge in [-0.25, -0.2) is 0 Å². The summed E-state index contributed by atoms with van der Waals surface area (Å²) in [6.07, 6.45) is 1.06.